The predicted octanol–water partition coefficient (Wildman–Crippen LogP) is 6.21. The van der Waals surface area contributed by atoms with Crippen molar-refractivity contribution in [1.82, 2.24) is 19.7 Å². The van der Waals surface area contributed by atoms with Crippen molar-refractivity contribution in [3.8, 4) is 0 Å². The molecule has 1 N–H and O–H groups in total. The second kappa shape index (κ2) is 13.0. The van der Waals surface area contributed by atoms with Crippen molar-refractivity contribution in [1.29, 1.82) is 0 Å². The number of ether oxygens (including phenoxy) is 1. The van der Waals surface area contributed by atoms with E-state index in [0.29, 0.717) is 24.8 Å². The summed E-state index contributed by atoms with van der Waals surface area (Å²) in [5.41, 5.74) is 2.53. The monoisotopic (exact) mass is 606 g/mol. The van der Waals surface area contributed by atoms with Gasteiger partial charge in [0.25, 0.3) is 0 Å². The van der Waals surface area contributed by atoms with Gasteiger partial charge in [0.15, 0.2) is 0 Å². The number of hydrogen-bond donors (Lipinski definition) is 1. The first kappa shape index (κ1) is 29.0. The number of benzene rings is 2. The molecule has 3 aliphatic rings. The van der Waals surface area contributed by atoms with Gasteiger partial charge >= 0.3 is 12.0 Å². The molecule has 0 aliphatic carbocycles. The average molecular weight is 607 g/mol. The molecule has 0 bridgehead atoms. The summed E-state index contributed by atoms with van der Waals surface area (Å²) in [5, 5.41) is 10.7. The largest absolute Gasteiger partial charge is 0.478 e. The lowest BCUT2D eigenvalue weighted by Gasteiger charge is -2.39. The topological polar surface area (TPSA) is 86.2 Å². The lowest BCUT2D eigenvalue weighted by Crippen LogP contribution is -2.48. The van der Waals surface area contributed by atoms with E-state index in [1.54, 1.807) is 24.3 Å². The molecule has 0 saturated carbocycles. The number of pyridine rings is 1. The highest BCUT2D eigenvalue weighted by atomic mass is 35.5. The van der Waals surface area contributed by atoms with E-state index in [1.165, 1.54) is 11.8 Å². The molecule has 10 heteroatoms. The lowest BCUT2D eigenvalue weighted by molar-refractivity contribution is 0.0493. The summed E-state index contributed by atoms with van der Waals surface area (Å²) in [7, 11) is 0. The highest BCUT2D eigenvalue weighted by Crippen LogP contribution is 2.38. The Balaban J connectivity index is 1.07. The van der Waals surface area contributed by atoms with Crippen LogP contribution in [0.2, 0.25) is 5.02 Å². The maximum Gasteiger partial charge on any atom is 0.335 e. The predicted molar refractivity (Wildman–Crippen MR) is 162 cm³/mol. The molecule has 8 nitrogen and oxygen atoms in total. The van der Waals surface area contributed by atoms with Gasteiger partial charge < -0.3 is 19.6 Å². The van der Waals surface area contributed by atoms with Crippen molar-refractivity contribution in [3.63, 3.8) is 0 Å². The lowest BCUT2D eigenvalue weighted by atomic mass is 9.98. The summed E-state index contributed by atoms with van der Waals surface area (Å²) in [5.74, 6) is -0.928. The minimum absolute atomic E-state index is 0.00479. The Bertz CT molecular complexity index is 1390. The highest BCUT2D eigenvalue weighted by Gasteiger charge is 2.45. The zero-order valence-corrected chi connectivity index (χ0v) is 25.0. The van der Waals surface area contributed by atoms with E-state index in [1.807, 2.05) is 30.5 Å². The number of rotatable bonds is 8. The number of carbonyl (C=O) groups excluding carboxylic acids is 1. The van der Waals surface area contributed by atoms with Crippen LogP contribution in [0.1, 0.15) is 53.2 Å². The molecule has 3 saturated heterocycles. The molecular weight excluding hydrogens is 572 g/mol. The molecule has 220 valence electrons. The number of likely N-dealkylation sites (tertiary alicyclic amines) is 1. The molecule has 2 aromatic carbocycles. The number of carboxylic acids is 1. The summed E-state index contributed by atoms with van der Waals surface area (Å²) in [6, 6.07) is 19.5. The van der Waals surface area contributed by atoms with Gasteiger partial charge in [-0.1, -0.05) is 41.6 Å². The molecule has 1 atom stereocenters. The zero-order chi connectivity index (χ0) is 29.1. The van der Waals surface area contributed by atoms with Crippen molar-refractivity contribution in [3.05, 3.63) is 88.6 Å². The van der Waals surface area contributed by atoms with Gasteiger partial charge in [-0.05, 0) is 79.3 Å². The number of hydrogen-bond acceptors (Lipinski definition) is 6. The van der Waals surface area contributed by atoms with Crippen LogP contribution in [0, 0.1) is 0 Å². The first-order chi connectivity index (χ1) is 20.4. The zero-order valence-electron chi connectivity index (χ0n) is 23.4. The fourth-order valence-corrected chi connectivity index (χ4v) is 7.25. The number of carbonyl (C=O) groups is 2. The van der Waals surface area contributed by atoms with E-state index >= 15 is 0 Å². The van der Waals surface area contributed by atoms with E-state index < -0.39 is 5.97 Å². The van der Waals surface area contributed by atoms with Crippen LogP contribution in [0.5, 0.6) is 0 Å². The van der Waals surface area contributed by atoms with Gasteiger partial charge in [0, 0.05) is 67.6 Å². The van der Waals surface area contributed by atoms with Crippen molar-refractivity contribution >= 4 is 35.4 Å². The third kappa shape index (κ3) is 6.59. The quantitative estimate of drug-likeness (QED) is 0.326. The summed E-state index contributed by atoms with van der Waals surface area (Å²) >= 11 is 7.89. The fraction of sp³-hybridized carbons (Fsp3) is 0.406. The van der Waals surface area contributed by atoms with Crippen molar-refractivity contribution in [2.75, 3.05) is 32.8 Å². The van der Waals surface area contributed by atoms with E-state index in [9.17, 15) is 9.59 Å². The van der Waals surface area contributed by atoms with Gasteiger partial charge in [-0.25, -0.2) is 14.6 Å². The minimum atomic E-state index is -0.928. The normalized spacial score (nSPS) is 20.8. The summed E-state index contributed by atoms with van der Waals surface area (Å²) in [4.78, 5) is 37.2. The highest BCUT2D eigenvalue weighted by molar-refractivity contribution is 7.99. The van der Waals surface area contributed by atoms with E-state index in [-0.39, 0.29) is 29.7 Å². The Kier molecular flexibility index (Phi) is 9.00. The number of carboxylic acid groups (broad SMARTS) is 1. The molecule has 1 unspecified atom stereocenters. The summed E-state index contributed by atoms with van der Waals surface area (Å²) in [6.45, 7) is 4.77. The van der Waals surface area contributed by atoms with Crippen LogP contribution in [-0.2, 0) is 11.3 Å². The number of amides is 2. The third-order valence-electron chi connectivity index (χ3n) is 8.52. The van der Waals surface area contributed by atoms with E-state index in [0.717, 1.165) is 66.4 Å². The summed E-state index contributed by atoms with van der Waals surface area (Å²) < 4.78 is 5.57. The Labute approximate surface area is 255 Å². The average Bonchev–Trinajstić information content (AvgIpc) is 3.36. The van der Waals surface area contributed by atoms with Crippen LogP contribution in [0.25, 0.3) is 0 Å². The SMILES string of the molecule is O=C(O)c1ccc(Sc2ccc(CN3CCC(N4C(=O)N(C5CCOCC5)CC4c4cccc(Cl)c4)CC3)cn2)cc1. The molecule has 3 aliphatic heterocycles. The van der Waals surface area contributed by atoms with E-state index in [4.69, 9.17) is 21.4 Å². The standard InChI is InChI=1S/C32H35ClN4O4S/c33-25-3-1-2-24(18-25)29-21-36(26-12-16-41-17-13-26)32(40)37(29)27-10-14-35(15-11-27)20-22-4-9-30(34-19-22)42-28-7-5-23(6-8-28)31(38)39/h1-9,18-19,26-27,29H,10-17,20-21H2,(H,38,39). The first-order valence-electron chi connectivity index (χ1n) is 14.6. The van der Waals surface area contributed by atoms with Crippen molar-refractivity contribution in [2.24, 2.45) is 0 Å². The molecule has 0 radical (unpaired) electrons. The molecule has 4 heterocycles. The number of aromatic nitrogens is 1. The molecule has 6 rings (SSSR count). The Hall–Kier alpha value is -3.11. The molecule has 3 fully saturated rings. The number of halogens is 1. The van der Waals surface area contributed by atoms with Crippen LogP contribution >= 0.6 is 23.4 Å². The third-order valence-corrected chi connectivity index (χ3v) is 9.71. The van der Waals surface area contributed by atoms with Gasteiger partial charge in [-0.3, -0.25) is 4.90 Å². The second-order valence-corrected chi connectivity index (χ2v) is 12.7. The Morgan fingerprint density at radius 1 is 1.00 bits per heavy atom. The van der Waals surface area contributed by atoms with Gasteiger partial charge in [0.05, 0.1) is 11.6 Å². The smallest absolute Gasteiger partial charge is 0.335 e. The molecule has 1 aromatic heterocycles. The van der Waals surface area contributed by atoms with Gasteiger partial charge in [-0.2, -0.15) is 0 Å². The number of nitrogens with zero attached hydrogens (tertiary/aromatic N) is 4. The van der Waals surface area contributed by atoms with Gasteiger partial charge in [-0.15, -0.1) is 0 Å². The maximum atomic E-state index is 13.9. The fourth-order valence-electron chi connectivity index (χ4n) is 6.29. The summed E-state index contributed by atoms with van der Waals surface area (Å²) in [6.07, 6.45) is 5.56. The molecule has 3 aromatic rings. The van der Waals surface area contributed by atoms with Gasteiger partial charge in [0.1, 0.15) is 5.03 Å². The Morgan fingerprint density at radius 3 is 2.43 bits per heavy atom. The molecule has 0 spiro atoms. The molecular formula is C32H35ClN4O4S. The van der Waals surface area contributed by atoms with E-state index in [2.05, 4.69) is 31.8 Å². The van der Waals surface area contributed by atoms with Crippen LogP contribution in [0.15, 0.2) is 76.8 Å². The van der Waals surface area contributed by atoms with Gasteiger partial charge in [0.2, 0.25) is 0 Å². The maximum absolute atomic E-state index is 13.9. The molecule has 2 amide bonds. The van der Waals surface area contributed by atoms with Crippen LogP contribution in [0.4, 0.5) is 4.79 Å². The van der Waals surface area contributed by atoms with Crippen LogP contribution < -0.4 is 0 Å². The van der Waals surface area contributed by atoms with Crippen molar-refractivity contribution in [2.45, 2.75) is 60.3 Å². The van der Waals surface area contributed by atoms with Crippen molar-refractivity contribution < 1.29 is 19.4 Å². The van der Waals surface area contributed by atoms with Crippen LogP contribution in [-0.4, -0.2) is 81.7 Å². The first-order valence-corrected chi connectivity index (χ1v) is 15.7. The Morgan fingerprint density at radius 2 is 1.76 bits per heavy atom. The number of aromatic carboxylic acids is 1. The number of urea groups is 1. The number of piperidine rings is 1. The minimum Gasteiger partial charge on any atom is -0.478 e. The van der Waals surface area contributed by atoms with Crippen LogP contribution in [0.3, 0.4) is 0 Å². The second-order valence-electron chi connectivity index (χ2n) is 11.2. The molecule has 42 heavy (non-hydrogen) atoms.